The van der Waals surface area contributed by atoms with Gasteiger partial charge >= 0.3 is 0 Å². The second kappa shape index (κ2) is 6.39. The van der Waals surface area contributed by atoms with E-state index >= 15 is 0 Å². The molecular weight excluding hydrogens is 236 g/mol. The standard InChI is InChI=1S/C17H20O2/c1-13-4-8-15(9-5-13)17(12-18-3)19-16-10-6-14(2)7-11-16/h4-11,17H,12H2,1-3H3. The third kappa shape index (κ3) is 3.83. The van der Waals surface area contributed by atoms with Gasteiger partial charge in [0.05, 0.1) is 6.61 Å². The van der Waals surface area contributed by atoms with Crippen molar-refractivity contribution in [3.8, 4) is 5.75 Å². The van der Waals surface area contributed by atoms with Gasteiger partial charge in [-0.2, -0.15) is 0 Å². The highest BCUT2D eigenvalue weighted by Gasteiger charge is 2.13. The molecule has 2 aromatic carbocycles. The number of ether oxygens (including phenoxy) is 2. The lowest BCUT2D eigenvalue weighted by Gasteiger charge is -2.19. The van der Waals surface area contributed by atoms with Crippen molar-refractivity contribution in [1.29, 1.82) is 0 Å². The van der Waals surface area contributed by atoms with Crippen molar-refractivity contribution < 1.29 is 9.47 Å². The summed E-state index contributed by atoms with van der Waals surface area (Å²) in [6, 6.07) is 16.5. The molecule has 0 radical (unpaired) electrons. The van der Waals surface area contributed by atoms with Crippen molar-refractivity contribution in [3.63, 3.8) is 0 Å². The van der Waals surface area contributed by atoms with Crippen LogP contribution in [0.4, 0.5) is 0 Å². The summed E-state index contributed by atoms with van der Waals surface area (Å²) >= 11 is 0. The van der Waals surface area contributed by atoms with Gasteiger partial charge in [0.25, 0.3) is 0 Å². The SMILES string of the molecule is COCC(Oc1ccc(C)cc1)c1ccc(C)cc1. The first-order chi connectivity index (χ1) is 9.19. The van der Waals surface area contributed by atoms with Crippen LogP contribution < -0.4 is 4.74 Å². The zero-order valence-corrected chi connectivity index (χ0v) is 11.7. The largest absolute Gasteiger partial charge is 0.483 e. The summed E-state index contributed by atoms with van der Waals surface area (Å²) in [6.45, 7) is 4.68. The molecule has 0 spiro atoms. The summed E-state index contributed by atoms with van der Waals surface area (Å²) in [5.41, 5.74) is 3.61. The molecule has 19 heavy (non-hydrogen) atoms. The van der Waals surface area contributed by atoms with Crippen LogP contribution in [0.2, 0.25) is 0 Å². The van der Waals surface area contributed by atoms with Crippen molar-refractivity contribution in [2.75, 3.05) is 13.7 Å². The predicted octanol–water partition coefficient (Wildman–Crippen LogP) is 4.07. The number of rotatable bonds is 5. The minimum absolute atomic E-state index is 0.0756. The lowest BCUT2D eigenvalue weighted by Crippen LogP contribution is -2.13. The zero-order valence-electron chi connectivity index (χ0n) is 11.7. The van der Waals surface area contributed by atoms with E-state index in [2.05, 4.69) is 38.1 Å². The van der Waals surface area contributed by atoms with E-state index in [1.165, 1.54) is 11.1 Å². The third-order valence-electron chi connectivity index (χ3n) is 3.07. The summed E-state index contributed by atoms with van der Waals surface area (Å²) in [6.07, 6.45) is -0.0756. The first-order valence-corrected chi connectivity index (χ1v) is 6.48. The van der Waals surface area contributed by atoms with Gasteiger partial charge in [-0.1, -0.05) is 47.5 Å². The Balaban J connectivity index is 2.15. The Bertz CT molecular complexity index is 500. The number of hydrogen-bond acceptors (Lipinski definition) is 2. The third-order valence-corrected chi connectivity index (χ3v) is 3.07. The fraction of sp³-hybridized carbons (Fsp3) is 0.294. The zero-order chi connectivity index (χ0) is 13.7. The van der Waals surface area contributed by atoms with E-state index in [0.717, 1.165) is 11.3 Å². The fourth-order valence-electron chi connectivity index (χ4n) is 1.91. The van der Waals surface area contributed by atoms with Crippen LogP contribution in [-0.2, 0) is 4.74 Å². The monoisotopic (exact) mass is 256 g/mol. The number of aryl methyl sites for hydroxylation is 2. The maximum Gasteiger partial charge on any atom is 0.147 e. The summed E-state index contributed by atoms with van der Waals surface area (Å²) in [5.74, 6) is 0.869. The van der Waals surface area contributed by atoms with Crippen LogP contribution in [0, 0.1) is 13.8 Å². The molecule has 2 rings (SSSR count). The van der Waals surface area contributed by atoms with E-state index in [-0.39, 0.29) is 6.10 Å². The Labute approximate surface area is 115 Å². The van der Waals surface area contributed by atoms with Crippen molar-refractivity contribution in [2.45, 2.75) is 20.0 Å². The quantitative estimate of drug-likeness (QED) is 0.803. The van der Waals surface area contributed by atoms with Crippen molar-refractivity contribution >= 4 is 0 Å². The molecule has 0 heterocycles. The Morgan fingerprint density at radius 1 is 0.842 bits per heavy atom. The molecule has 100 valence electrons. The first-order valence-electron chi connectivity index (χ1n) is 6.48. The molecule has 0 saturated carbocycles. The van der Waals surface area contributed by atoms with E-state index in [4.69, 9.17) is 9.47 Å². The molecule has 0 N–H and O–H groups in total. The Hall–Kier alpha value is -1.80. The van der Waals surface area contributed by atoms with Gasteiger partial charge in [-0.05, 0) is 31.5 Å². The molecule has 0 aliphatic rings. The van der Waals surface area contributed by atoms with Crippen molar-refractivity contribution in [1.82, 2.24) is 0 Å². The van der Waals surface area contributed by atoms with Gasteiger partial charge in [-0.3, -0.25) is 0 Å². The molecule has 1 atom stereocenters. The van der Waals surface area contributed by atoms with Gasteiger partial charge < -0.3 is 9.47 Å². The summed E-state index contributed by atoms with van der Waals surface area (Å²) in [5, 5.41) is 0. The Morgan fingerprint density at radius 3 is 1.89 bits per heavy atom. The number of hydrogen-bond donors (Lipinski definition) is 0. The first kappa shape index (κ1) is 13.6. The van der Waals surface area contributed by atoms with Crippen LogP contribution in [0.25, 0.3) is 0 Å². The van der Waals surface area contributed by atoms with E-state index in [0.29, 0.717) is 6.61 Å². The van der Waals surface area contributed by atoms with Gasteiger partial charge in [0, 0.05) is 7.11 Å². The molecule has 0 aliphatic carbocycles. The van der Waals surface area contributed by atoms with E-state index in [9.17, 15) is 0 Å². The molecule has 0 saturated heterocycles. The molecule has 0 amide bonds. The molecule has 0 bridgehead atoms. The Kier molecular flexibility index (Phi) is 4.58. The van der Waals surface area contributed by atoms with E-state index in [1.807, 2.05) is 24.3 Å². The minimum atomic E-state index is -0.0756. The van der Waals surface area contributed by atoms with Crippen LogP contribution in [0.3, 0.4) is 0 Å². The lowest BCUT2D eigenvalue weighted by molar-refractivity contribution is 0.0810. The average Bonchev–Trinajstić information content (AvgIpc) is 2.42. The molecular formula is C17H20O2. The van der Waals surface area contributed by atoms with E-state index in [1.54, 1.807) is 7.11 Å². The fourth-order valence-corrected chi connectivity index (χ4v) is 1.91. The number of methoxy groups -OCH3 is 1. The van der Waals surface area contributed by atoms with Gasteiger partial charge in [0.15, 0.2) is 0 Å². The van der Waals surface area contributed by atoms with Crippen LogP contribution in [0.15, 0.2) is 48.5 Å². The normalized spacial score (nSPS) is 12.2. The molecule has 2 nitrogen and oxygen atoms in total. The predicted molar refractivity (Wildman–Crippen MR) is 77.6 cm³/mol. The molecule has 2 aromatic rings. The highest BCUT2D eigenvalue weighted by molar-refractivity contribution is 5.29. The Morgan fingerprint density at radius 2 is 1.37 bits per heavy atom. The second-order valence-corrected chi connectivity index (χ2v) is 4.79. The molecule has 0 aliphatic heterocycles. The van der Waals surface area contributed by atoms with Crippen molar-refractivity contribution in [3.05, 3.63) is 65.2 Å². The van der Waals surface area contributed by atoms with E-state index < -0.39 is 0 Å². The summed E-state index contributed by atoms with van der Waals surface area (Å²) in [7, 11) is 1.69. The topological polar surface area (TPSA) is 18.5 Å². The van der Waals surface area contributed by atoms with Gasteiger partial charge in [0.1, 0.15) is 11.9 Å². The molecule has 2 heteroatoms. The van der Waals surface area contributed by atoms with Crippen molar-refractivity contribution in [2.24, 2.45) is 0 Å². The maximum atomic E-state index is 6.01. The van der Waals surface area contributed by atoms with Gasteiger partial charge in [-0.25, -0.2) is 0 Å². The van der Waals surface area contributed by atoms with Crippen LogP contribution in [0.1, 0.15) is 22.8 Å². The smallest absolute Gasteiger partial charge is 0.147 e. The highest BCUT2D eigenvalue weighted by Crippen LogP contribution is 2.23. The highest BCUT2D eigenvalue weighted by atomic mass is 16.5. The van der Waals surface area contributed by atoms with Crippen LogP contribution in [0.5, 0.6) is 5.75 Å². The van der Waals surface area contributed by atoms with Crippen LogP contribution >= 0.6 is 0 Å². The van der Waals surface area contributed by atoms with Gasteiger partial charge in [0.2, 0.25) is 0 Å². The van der Waals surface area contributed by atoms with Gasteiger partial charge in [-0.15, -0.1) is 0 Å². The second-order valence-electron chi connectivity index (χ2n) is 4.79. The minimum Gasteiger partial charge on any atom is -0.483 e. The summed E-state index contributed by atoms with van der Waals surface area (Å²) < 4.78 is 11.3. The van der Waals surface area contributed by atoms with Crippen LogP contribution in [-0.4, -0.2) is 13.7 Å². The molecule has 0 fully saturated rings. The average molecular weight is 256 g/mol. The molecule has 0 aromatic heterocycles. The lowest BCUT2D eigenvalue weighted by atomic mass is 10.1. The maximum absolute atomic E-state index is 6.01. The molecule has 1 unspecified atom stereocenters. The number of benzene rings is 2. The summed E-state index contributed by atoms with van der Waals surface area (Å²) in [4.78, 5) is 0.